The first-order valence-electron chi connectivity index (χ1n) is 10.4. The second-order valence-electron chi connectivity index (χ2n) is 8.09. The summed E-state index contributed by atoms with van der Waals surface area (Å²) in [6.07, 6.45) is 2.12. The highest BCUT2D eigenvalue weighted by molar-refractivity contribution is 7.13. The summed E-state index contributed by atoms with van der Waals surface area (Å²) in [4.78, 5) is 22.9. The lowest BCUT2D eigenvalue weighted by Gasteiger charge is -2.17. The molecule has 1 saturated carbocycles. The van der Waals surface area contributed by atoms with Crippen LogP contribution in [0.3, 0.4) is 0 Å². The first-order valence-corrected chi connectivity index (χ1v) is 11.3. The Morgan fingerprint density at radius 2 is 2.09 bits per heavy atom. The van der Waals surface area contributed by atoms with Gasteiger partial charge in [-0.2, -0.15) is 4.98 Å². The zero-order valence-electron chi connectivity index (χ0n) is 17.5. The van der Waals surface area contributed by atoms with E-state index >= 15 is 0 Å². The molecule has 32 heavy (non-hydrogen) atoms. The molecule has 1 N–H and O–H groups in total. The lowest BCUT2D eigenvalue weighted by molar-refractivity contribution is 0.0903. The van der Waals surface area contributed by atoms with Crippen LogP contribution in [0.5, 0.6) is 0 Å². The van der Waals surface area contributed by atoms with Gasteiger partial charge in [-0.3, -0.25) is 4.79 Å². The Hall–Kier alpha value is -3.40. The minimum atomic E-state index is -0.478. The Labute approximate surface area is 187 Å². The van der Waals surface area contributed by atoms with E-state index in [4.69, 9.17) is 4.52 Å². The number of rotatable bonds is 7. The van der Waals surface area contributed by atoms with Crippen LogP contribution in [0.4, 0.5) is 4.39 Å². The Morgan fingerprint density at radius 1 is 1.25 bits per heavy atom. The van der Waals surface area contributed by atoms with Crippen LogP contribution in [0.1, 0.15) is 61.0 Å². The van der Waals surface area contributed by atoms with E-state index in [0.29, 0.717) is 29.1 Å². The Morgan fingerprint density at radius 3 is 2.78 bits per heavy atom. The van der Waals surface area contributed by atoms with Gasteiger partial charge in [-0.1, -0.05) is 31.1 Å². The molecule has 0 bridgehead atoms. The molecule has 3 aromatic heterocycles. The minimum Gasteiger partial charge on any atom is -0.337 e. The lowest BCUT2D eigenvalue weighted by Crippen LogP contribution is -2.32. The SMILES string of the molecule is CC(C)C(NC(=O)c1nc(-c2cccs2)n(-c2cccc(F)c2)n1)c1nc(C2CC2)no1. The fourth-order valence-corrected chi connectivity index (χ4v) is 4.06. The molecule has 0 radical (unpaired) electrons. The number of halogens is 1. The Balaban J connectivity index is 1.46. The largest absolute Gasteiger partial charge is 0.337 e. The van der Waals surface area contributed by atoms with E-state index in [1.165, 1.54) is 28.2 Å². The van der Waals surface area contributed by atoms with Crippen molar-refractivity contribution in [3.05, 3.63) is 65.1 Å². The van der Waals surface area contributed by atoms with Crippen molar-refractivity contribution in [3.8, 4) is 16.4 Å². The number of amides is 1. The topological polar surface area (TPSA) is 98.7 Å². The van der Waals surface area contributed by atoms with E-state index in [-0.39, 0.29) is 11.7 Å². The average Bonchev–Trinajstić information content (AvgIpc) is 3.19. The van der Waals surface area contributed by atoms with Crippen LogP contribution in [0.25, 0.3) is 16.4 Å². The number of thiophene rings is 1. The number of benzene rings is 1. The standard InChI is InChI=1S/C22H21FN6O2S/c1-12(2)17(22-26-18(28-31-22)13-8-9-13)24-21(30)19-25-20(16-7-4-10-32-16)29(27-19)15-6-3-5-14(23)11-15/h3-7,10-13,17H,8-9H2,1-2H3,(H,24,30). The van der Waals surface area contributed by atoms with Gasteiger partial charge in [0.15, 0.2) is 11.6 Å². The molecule has 1 aromatic carbocycles. The van der Waals surface area contributed by atoms with Crippen LogP contribution >= 0.6 is 11.3 Å². The molecule has 1 aliphatic carbocycles. The molecule has 4 aromatic rings. The number of carbonyl (C=O) groups excluding carboxylic acids is 1. The maximum Gasteiger partial charge on any atom is 0.291 e. The van der Waals surface area contributed by atoms with E-state index in [0.717, 1.165) is 17.7 Å². The molecule has 164 valence electrons. The van der Waals surface area contributed by atoms with Crippen LogP contribution in [0.15, 0.2) is 46.3 Å². The van der Waals surface area contributed by atoms with Crippen molar-refractivity contribution < 1.29 is 13.7 Å². The van der Waals surface area contributed by atoms with Gasteiger partial charge < -0.3 is 9.84 Å². The molecule has 0 aliphatic heterocycles. The Bertz CT molecular complexity index is 1250. The average molecular weight is 453 g/mol. The highest BCUT2D eigenvalue weighted by Gasteiger charge is 2.32. The van der Waals surface area contributed by atoms with Gasteiger partial charge in [0.2, 0.25) is 11.7 Å². The van der Waals surface area contributed by atoms with Crippen molar-refractivity contribution in [2.45, 2.75) is 38.6 Å². The van der Waals surface area contributed by atoms with Crippen molar-refractivity contribution in [3.63, 3.8) is 0 Å². The van der Waals surface area contributed by atoms with E-state index in [2.05, 4.69) is 25.5 Å². The third kappa shape index (κ3) is 4.05. The van der Waals surface area contributed by atoms with Crippen LogP contribution < -0.4 is 5.32 Å². The van der Waals surface area contributed by atoms with Crippen molar-refractivity contribution in [2.24, 2.45) is 5.92 Å². The maximum absolute atomic E-state index is 13.8. The molecule has 8 nitrogen and oxygen atoms in total. The van der Waals surface area contributed by atoms with Gasteiger partial charge in [-0.25, -0.2) is 14.1 Å². The van der Waals surface area contributed by atoms with Gasteiger partial charge in [-0.15, -0.1) is 16.4 Å². The molecule has 1 aliphatic rings. The fourth-order valence-electron chi connectivity index (χ4n) is 3.36. The van der Waals surface area contributed by atoms with E-state index in [1.807, 2.05) is 31.4 Å². The number of carbonyl (C=O) groups is 1. The first-order chi connectivity index (χ1) is 15.5. The van der Waals surface area contributed by atoms with Gasteiger partial charge in [-0.05, 0) is 48.4 Å². The normalized spacial score (nSPS) is 14.6. The number of hydrogen-bond acceptors (Lipinski definition) is 7. The van der Waals surface area contributed by atoms with E-state index in [9.17, 15) is 9.18 Å². The summed E-state index contributed by atoms with van der Waals surface area (Å²) in [5.41, 5.74) is 0.478. The predicted molar refractivity (Wildman–Crippen MR) is 116 cm³/mol. The second kappa shape index (κ2) is 8.27. The highest BCUT2D eigenvalue weighted by atomic mass is 32.1. The van der Waals surface area contributed by atoms with Crippen molar-refractivity contribution in [2.75, 3.05) is 0 Å². The molecule has 1 amide bonds. The molecule has 1 atom stereocenters. The number of hydrogen-bond donors (Lipinski definition) is 1. The quantitative estimate of drug-likeness (QED) is 0.443. The summed E-state index contributed by atoms with van der Waals surface area (Å²) in [5, 5.41) is 13.3. The smallest absolute Gasteiger partial charge is 0.291 e. The molecule has 10 heteroatoms. The summed E-state index contributed by atoms with van der Waals surface area (Å²) < 4.78 is 20.8. The van der Waals surface area contributed by atoms with Gasteiger partial charge >= 0.3 is 0 Å². The molecule has 1 fully saturated rings. The summed E-state index contributed by atoms with van der Waals surface area (Å²) in [6.45, 7) is 3.92. The third-order valence-corrected chi connectivity index (χ3v) is 6.09. The van der Waals surface area contributed by atoms with Crippen molar-refractivity contribution >= 4 is 17.2 Å². The van der Waals surface area contributed by atoms with E-state index in [1.54, 1.807) is 12.1 Å². The molecular formula is C22H21FN6O2S. The predicted octanol–water partition coefficient (Wildman–Crippen LogP) is 4.52. The molecular weight excluding hydrogens is 431 g/mol. The maximum atomic E-state index is 13.8. The molecule has 1 unspecified atom stereocenters. The summed E-state index contributed by atoms with van der Waals surface area (Å²) in [7, 11) is 0. The third-order valence-electron chi connectivity index (χ3n) is 5.22. The van der Waals surface area contributed by atoms with Crippen molar-refractivity contribution in [1.29, 1.82) is 0 Å². The van der Waals surface area contributed by atoms with Gasteiger partial charge in [0.05, 0.1) is 10.6 Å². The van der Waals surface area contributed by atoms with Crippen LogP contribution in [-0.4, -0.2) is 30.8 Å². The van der Waals surface area contributed by atoms with Crippen LogP contribution in [0.2, 0.25) is 0 Å². The number of aromatic nitrogens is 5. The highest BCUT2D eigenvalue weighted by Crippen LogP contribution is 2.38. The van der Waals surface area contributed by atoms with Crippen LogP contribution in [-0.2, 0) is 0 Å². The van der Waals surface area contributed by atoms with Crippen LogP contribution in [0, 0.1) is 11.7 Å². The molecule has 3 heterocycles. The van der Waals surface area contributed by atoms with Gasteiger partial charge in [0, 0.05) is 5.92 Å². The monoisotopic (exact) mass is 452 g/mol. The number of nitrogens with zero attached hydrogens (tertiary/aromatic N) is 5. The summed E-state index contributed by atoms with van der Waals surface area (Å²) in [5.74, 6) is 0.996. The summed E-state index contributed by atoms with van der Waals surface area (Å²) >= 11 is 1.46. The number of nitrogens with one attached hydrogen (secondary N) is 1. The first kappa shape index (κ1) is 20.5. The molecule has 5 rings (SSSR count). The zero-order valence-corrected chi connectivity index (χ0v) is 18.3. The second-order valence-corrected chi connectivity index (χ2v) is 9.04. The van der Waals surface area contributed by atoms with Crippen molar-refractivity contribution in [1.82, 2.24) is 30.2 Å². The molecule has 0 saturated heterocycles. The van der Waals surface area contributed by atoms with Gasteiger partial charge in [0.25, 0.3) is 5.91 Å². The summed E-state index contributed by atoms with van der Waals surface area (Å²) in [6, 6.07) is 9.29. The zero-order chi connectivity index (χ0) is 22.2. The lowest BCUT2D eigenvalue weighted by atomic mass is 10.0. The van der Waals surface area contributed by atoms with E-state index < -0.39 is 17.8 Å². The fraction of sp³-hybridized carbons (Fsp3) is 0.318. The minimum absolute atomic E-state index is 0.00789. The van der Waals surface area contributed by atoms with Gasteiger partial charge in [0.1, 0.15) is 11.9 Å². The Kier molecular flexibility index (Phi) is 5.30. The molecule has 0 spiro atoms.